The first-order chi connectivity index (χ1) is 4.46. The van der Waals surface area contributed by atoms with Gasteiger partial charge in [0.05, 0.1) is 0 Å². The van der Waals surface area contributed by atoms with Crippen LogP contribution in [0.3, 0.4) is 0 Å². The largest absolute Gasteiger partial charge is 0.479 e. The molecule has 0 amide bonds. The molecule has 2 unspecified atom stereocenters. The molecule has 11 heavy (non-hydrogen) atoms. The van der Waals surface area contributed by atoms with Crippen LogP contribution in [0.1, 0.15) is 0 Å². The smallest absolute Gasteiger partial charge is 0.335 e. The van der Waals surface area contributed by atoms with Crippen molar-refractivity contribution in [1.82, 2.24) is 0 Å². The quantitative estimate of drug-likeness (QED) is 0.414. The van der Waals surface area contributed by atoms with Crippen molar-refractivity contribution in [2.45, 2.75) is 12.2 Å². The number of carboxylic acids is 2. The monoisotopic (exact) mass is 359 g/mol. The van der Waals surface area contributed by atoms with Crippen LogP contribution in [0.4, 0.5) is 0 Å². The molecule has 2 atom stereocenters. The molecule has 0 saturated heterocycles. The van der Waals surface area contributed by atoms with Crippen molar-refractivity contribution in [1.29, 1.82) is 0 Å². The van der Waals surface area contributed by atoms with Gasteiger partial charge in [0, 0.05) is 26.2 Å². The summed E-state index contributed by atoms with van der Waals surface area (Å²) in [5.41, 5.74) is 0. The predicted octanol–water partition coefficient (Wildman–Crippen LogP) is -2.50. The van der Waals surface area contributed by atoms with E-state index in [1.54, 1.807) is 0 Å². The van der Waals surface area contributed by atoms with Crippen molar-refractivity contribution in [2.75, 3.05) is 0 Å². The topological polar surface area (TPSA) is 115 Å². The van der Waals surface area contributed by atoms with Gasteiger partial charge in [0.15, 0.2) is 12.2 Å². The second-order valence-corrected chi connectivity index (χ2v) is 1.57. The fourth-order valence-corrected chi connectivity index (χ4v) is 0.270. The van der Waals surface area contributed by atoms with E-state index in [2.05, 4.69) is 0 Å². The van der Waals surface area contributed by atoms with Crippen LogP contribution in [0, 0.1) is 0 Å². The van der Waals surface area contributed by atoms with E-state index in [4.69, 9.17) is 20.4 Å². The summed E-state index contributed by atoms with van der Waals surface area (Å²) >= 11 is 0. The van der Waals surface area contributed by atoms with E-state index in [1.165, 1.54) is 0 Å². The summed E-state index contributed by atoms with van der Waals surface area (Å²) in [5, 5.41) is 32.5. The van der Waals surface area contributed by atoms with Crippen molar-refractivity contribution in [3.05, 3.63) is 0 Å². The molecule has 0 aromatic rings. The molecule has 0 heterocycles. The Morgan fingerprint density at radius 3 is 1.18 bits per heavy atom. The number of carboxylic acid groups (broad SMARTS) is 2. The second-order valence-electron chi connectivity index (χ2n) is 1.57. The molecule has 0 aliphatic rings. The minimum atomic E-state index is -2.27. The van der Waals surface area contributed by atoms with Gasteiger partial charge >= 0.3 is 11.9 Å². The summed E-state index contributed by atoms with van der Waals surface area (Å²) in [6, 6.07) is 0. The number of hydrogen-bond donors (Lipinski definition) is 4. The van der Waals surface area contributed by atoms with Crippen LogP contribution in [-0.2, 0) is 9.59 Å². The predicted molar refractivity (Wildman–Crippen MR) is 33.0 cm³/mol. The van der Waals surface area contributed by atoms with Crippen LogP contribution in [0.5, 0.6) is 0 Å². The Hall–Kier alpha value is -0.257. The van der Waals surface area contributed by atoms with Crippen molar-refractivity contribution in [3.8, 4) is 0 Å². The zero-order valence-corrected chi connectivity index (χ0v) is 8.68. The number of aliphatic carboxylic acids is 2. The number of carbonyl (C=O) groups is 2. The van der Waals surface area contributed by atoms with Gasteiger partial charge in [-0.3, -0.25) is 0 Å². The molecule has 63 valence electrons. The molecule has 6 nitrogen and oxygen atoms in total. The maximum atomic E-state index is 9.77. The normalized spacial score (nSPS) is 14.4. The Balaban J connectivity index is 0. The molecule has 0 spiro atoms. The van der Waals surface area contributed by atoms with E-state index in [0.29, 0.717) is 0 Å². The van der Waals surface area contributed by atoms with Crippen molar-refractivity contribution in [2.24, 2.45) is 0 Å². The van der Waals surface area contributed by atoms with Gasteiger partial charge < -0.3 is 20.4 Å². The zero-order chi connectivity index (χ0) is 8.31. The van der Waals surface area contributed by atoms with Gasteiger partial charge in [-0.25, -0.2) is 9.59 Å². The van der Waals surface area contributed by atoms with E-state index in [1.807, 2.05) is 0 Å². The number of aliphatic hydroxyl groups is 2. The summed E-state index contributed by atoms with van der Waals surface area (Å²) in [6.45, 7) is 0. The van der Waals surface area contributed by atoms with Crippen LogP contribution in [0.15, 0.2) is 0 Å². The Kier molecular flexibility index (Phi) is 6.55. The Bertz CT molecular complexity index is 139. The summed E-state index contributed by atoms with van der Waals surface area (Å²) in [6.07, 6.45) is -4.53. The molecule has 0 fully saturated rings. The van der Waals surface area contributed by atoms with Gasteiger partial charge in [0.25, 0.3) is 0 Å². The Morgan fingerprint density at radius 1 is 0.909 bits per heavy atom. The van der Waals surface area contributed by atoms with Crippen LogP contribution < -0.4 is 0 Å². The van der Waals surface area contributed by atoms with Crippen molar-refractivity contribution < 1.29 is 30.0 Å². The average Bonchev–Trinajstić information content (AvgIpc) is 1.84. The molecule has 7 heteroatoms. The van der Waals surface area contributed by atoms with E-state index >= 15 is 0 Å². The summed E-state index contributed by atoms with van der Waals surface area (Å²) in [4.78, 5) is 19.5. The number of rotatable bonds is 3. The molecular formula is C4H6BiO6. The molecule has 0 aliphatic carbocycles. The molecule has 3 radical (unpaired) electrons. The Morgan fingerprint density at radius 2 is 1.09 bits per heavy atom. The van der Waals surface area contributed by atoms with Crippen molar-refractivity contribution >= 4 is 38.1 Å². The zero-order valence-electron chi connectivity index (χ0n) is 5.21. The maximum Gasteiger partial charge on any atom is 0.335 e. The molecule has 0 bridgehead atoms. The molecule has 4 N–H and O–H groups in total. The van der Waals surface area contributed by atoms with Gasteiger partial charge in [-0.05, 0) is 0 Å². The average molecular weight is 359 g/mol. The van der Waals surface area contributed by atoms with E-state index in [-0.39, 0.29) is 26.2 Å². The first-order valence-corrected chi connectivity index (χ1v) is 2.28. The molecule has 0 saturated carbocycles. The first-order valence-electron chi connectivity index (χ1n) is 2.28. The van der Waals surface area contributed by atoms with Crippen LogP contribution in [-0.4, -0.2) is 70.8 Å². The SMILES string of the molecule is O=C(O)C(O)C(O)C(=O)O.[Bi]. The summed E-state index contributed by atoms with van der Waals surface area (Å²) < 4.78 is 0. The third-order valence-electron chi connectivity index (χ3n) is 0.805. The Labute approximate surface area is 80.6 Å². The van der Waals surface area contributed by atoms with Gasteiger partial charge in [-0.15, -0.1) is 0 Å². The first kappa shape index (κ1) is 13.3. The van der Waals surface area contributed by atoms with Crippen LogP contribution >= 0.6 is 0 Å². The third kappa shape index (κ3) is 4.24. The van der Waals surface area contributed by atoms with Crippen molar-refractivity contribution in [3.63, 3.8) is 0 Å². The number of aliphatic hydroxyl groups excluding tert-OH is 2. The van der Waals surface area contributed by atoms with Gasteiger partial charge in [0.1, 0.15) is 0 Å². The molecular weight excluding hydrogens is 353 g/mol. The molecule has 0 aromatic heterocycles. The fraction of sp³-hybridized carbons (Fsp3) is 0.500. The summed E-state index contributed by atoms with van der Waals surface area (Å²) in [7, 11) is 0. The minimum Gasteiger partial charge on any atom is -0.479 e. The maximum absolute atomic E-state index is 9.77. The summed E-state index contributed by atoms with van der Waals surface area (Å²) in [5.74, 6) is -3.54. The molecule has 0 rings (SSSR count). The fourth-order valence-electron chi connectivity index (χ4n) is 0.270. The van der Waals surface area contributed by atoms with E-state index in [9.17, 15) is 9.59 Å². The van der Waals surface area contributed by atoms with Crippen LogP contribution in [0.2, 0.25) is 0 Å². The molecule has 0 aromatic carbocycles. The van der Waals surface area contributed by atoms with Crippen LogP contribution in [0.25, 0.3) is 0 Å². The van der Waals surface area contributed by atoms with Gasteiger partial charge in [-0.2, -0.15) is 0 Å². The minimum absolute atomic E-state index is 0. The third-order valence-corrected chi connectivity index (χ3v) is 0.805. The molecule has 0 aliphatic heterocycles. The van der Waals surface area contributed by atoms with Gasteiger partial charge in [-0.1, -0.05) is 0 Å². The number of hydrogen-bond acceptors (Lipinski definition) is 4. The second kappa shape index (κ2) is 5.40. The van der Waals surface area contributed by atoms with Gasteiger partial charge in [0.2, 0.25) is 0 Å². The van der Waals surface area contributed by atoms with E-state index < -0.39 is 24.1 Å². The van der Waals surface area contributed by atoms with E-state index in [0.717, 1.165) is 0 Å². The standard InChI is InChI=1S/C4H6O6.Bi/c5-1(3(7)8)2(6)4(9)10;/h1-2,5-6H,(H,7,8)(H,9,10);.